The van der Waals surface area contributed by atoms with E-state index < -0.39 is 57.7 Å². The molecule has 1 aromatic carbocycles. The zero-order valence-electron chi connectivity index (χ0n) is 23.6. The zero-order valence-corrected chi connectivity index (χ0v) is 23.6. The van der Waals surface area contributed by atoms with Crippen molar-refractivity contribution >= 4 is 30.4 Å². The summed E-state index contributed by atoms with van der Waals surface area (Å²) in [6.45, 7) is 4.90. The van der Waals surface area contributed by atoms with E-state index in [0.29, 0.717) is 29.9 Å². The molecule has 11 heteroatoms. The van der Waals surface area contributed by atoms with Crippen LogP contribution in [0, 0.1) is 11.8 Å². The maximum atomic E-state index is 14.1. The Morgan fingerprint density at radius 3 is 2.40 bits per heavy atom. The molecule has 213 valence electrons. The number of amides is 1. The van der Waals surface area contributed by atoms with Crippen molar-refractivity contribution in [1.82, 2.24) is 9.80 Å². The normalized spacial score (nSPS) is 32.3. The minimum absolute atomic E-state index is 0.0798. The number of Topliss-reactive ketones (excluding diaryl/α,β-unsaturated/α-hetero) is 1. The fourth-order valence-electron chi connectivity index (χ4n) is 7.58. The number of benzene rings is 1. The van der Waals surface area contributed by atoms with Crippen LogP contribution in [0.15, 0.2) is 23.0 Å². The Morgan fingerprint density at radius 2 is 1.85 bits per heavy atom. The van der Waals surface area contributed by atoms with Gasteiger partial charge in [-0.05, 0) is 26.7 Å². The number of likely N-dealkylation sites (N-methyl/N-ethyl adjacent to an activating group) is 1. The minimum atomic E-state index is -2.40. The summed E-state index contributed by atoms with van der Waals surface area (Å²) in [6.07, 6.45) is 2.55. The second kappa shape index (κ2) is 9.75. The molecule has 1 heterocycles. The van der Waals surface area contributed by atoms with Gasteiger partial charge in [0.2, 0.25) is 0 Å². The van der Waals surface area contributed by atoms with Crippen LogP contribution in [0.1, 0.15) is 49.8 Å². The molecule has 1 amide bonds. The number of ketones is 1. The molecule has 6 N–H and O–H groups in total. The molecule has 0 aromatic heterocycles. The third-order valence-electron chi connectivity index (χ3n) is 9.54. The van der Waals surface area contributed by atoms with Crippen LogP contribution in [0.25, 0.3) is 5.76 Å². The molecule has 10 nitrogen and oxygen atoms in total. The molecule has 5 rings (SSSR count). The molecular weight excluding hydrogens is 513 g/mol. The topological polar surface area (TPSA) is 157 Å². The van der Waals surface area contributed by atoms with E-state index in [9.17, 15) is 30.0 Å². The molecule has 6 atom stereocenters. The number of nitrogens with zero attached hydrogens (tertiary/aromatic N) is 2. The van der Waals surface area contributed by atoms with Gasteiger partial charge in [0.15, 0.2) is 0 Å². The number of likely N-dealkylation sites (tertiary alicyclic amines) is 1. The van der Waals surface area contributed by atoms with Crippen molar-refractivity contribution in [3.05, 3.63) is 39.7 Å². The molecule has 40 heavy (non-hydrogen) atoms. The first-order valence-electron chi connectivity index (χ1n) is 13.7. The van der Waals surface area contributed by atoms with E-state index in [1.807, 2.05) is 0 Å². The Kier molecular flexibility index (Phi) is 6.92. The Labute approximate surface area is 234 Å². The summed E-state index contributed by atoms with van der Waals surface area (Å²) in [5.74, 6) is -3.99. The first-order valence-corrected chi connectivity index (χ1v) is 13.7. The molecule has 1 saturated carbocycles. The number of phenols is 1. The predicted octanol–water partition coefficient (Wildman–Crippen LogP) is 1.12. The third kappa shape index (κ3) is 3.85. The van der Waals surface area contributed by atoms with Crippen molar-refractivity contribution in [3.8, 4) is 11.5 Å². The molecule has 1 radical (unpaired) electrons. The summed E-state index contributed by atoms with van der Waals surface area (Å²) in [4.78, 5) is 30.3. The maximum absolute atomic E-state index is 14.1. The number of hydrogen-bond acceptors (Lipinski definition) is 9. The fourth-order valence-corrected chi connectivity index (χ4v) is 7.58. The number of primary amides is 1. The first kappa shape index (κ1) is 28.4. The van der Waals surface area contributed by atoms with Crippen LogP contribution >= 0.6 is 0 Å². The molecule has 0 bridgehead atoms. The van der Waals surface area contributed by atoms with E-state index in [2.05, 4.69) is 18.7 Å². The van der Waals surface area contributed by atoms with Gasteiger partial charge in [-0.25, -0.2) is 0 Å². The number of aromatic hydroxyl groups is 1. The van der Waals surface area contributed by atoms with Gasteiger partial charge in [-0.3, -0.25) is 0 Å². The van der Waals surface area contributed by atoms with Gasteiger partial charge in [0, 0.05) is 0 Å². The van der Waals surface area contributed by atoms with Crippen molar-refractivity contribution in [3.63, 3.8) is 0 Å². The van der Waals surface area contributed by atoms with Crippen LogP contribution in [-0.2, 0) is 22.6 Å². The predicted molar refractivity (Wildman–Crippen MR) is 150 cm³/mol. The number of methoxy groups -OCH3 is 1. The number of carbonyl (C=O) groups is 2. The Balaban J connectivity index is 1.65. The number of aliphatic hydroxyl groups excluding tert-OH is 2. The SMILES string of the molecule is [B]=C1C(C(N)=O)=C(O)[C@@H](N(C)C)[C@@H]2C[C@@H]3Cc4c(OC)c(CN5[C@H](C)CC[C@@H]5C)cc(O)c4C(O)=C3C(=O)[C@]12O. The Bertz CT molecular complexity index is 1380. The number of rotatable bonds is 5. The molecule has 2 fully saturated rings. The van der Waals surface area contributed by atoms with E-state index in [4.69, 9.17) is 18.0 Å². The Hall–Kier alpha value is -3.15. The Morgan fingerprint density at radius 1 is 1.23 bits per heavy atom. The van der Waals surface area contributed by atoms with Gasteiger partial charge < -0.3 is 0 Å². The van der Waals surface area contributed by atoms with Crippen LogP contribution < -0.4 is 10.5 Å². The van der Waals surface area contributed by atoms with E-state index in [-0.39, 0.29) is 29.7 Å². The van der Waals surface area contributed by atoms with Crippen molar-refractivity contribution in [1.29, 1.82) is 0 Å². The molecule has 1 saturated heterocycles. The standard InChI is InChI=1S/C29H37BN3O7/c1-12-6-7-13(2)33(12)11-15-10-18(34)20-16(25(15)40-5)8-14-9-17-22(32(3)4)24(36)21(28(31)38)26(30)29(17,39)27(37)19(14)23(20)35/h10,12-14,17,22,34-36,39H,6-9,11H2,1-5H3,(H2,31,38)/t12-,13+,14-,17-,22-,29+/m0/s1. The van der Waals surface area contributed by atoms with Gasteiger partial charge in [-0.15, -0.1) is 0 Å². The number of aliphatic hydroxyl groups is 3. The molecule has 1 aliphatic heterocycles. The van der Waals surface area contributed by atoms with E-state index in [1.54, 1.807) is 32.2 Å². The van der Waals surface area contributed by atoms with Gasteiger partial charge in [0.05, 0.1) is 0 Å². The first-order chi connectivity index (χ1) is 18.7. The molecular formula is C29H37BN3O7. The average molecular weight is 550 g/mol. The molecule has 0 spiro atoms. The van der Waals surface area contributed by atoms with Gasteiger partial charge in [0.25, 0.3) is 0 Å². The van der Waals surface area contributed by atoms with Gasteiger partial charge >= 0.3 is 208 Å². The van der Waals surface area contributed by atoms with Gasteiger partial charge in [0.1, 0.15) is 0 Å². The van der Waals surface area contributed by atoms with Crippen LogP contribution in [0.3, 0.4) is 0 Å². The number of carbonyl (C=O) groups excluding carboxylic acids is 2. The number of fused-ring (bicyclic) bond motifs is 3. The van der Waals surface area contributed by atoms with Crippen LogP contribution in [0.5, 0.6) is 11.5 Å². The zero-order chi connectivity index (χ0) is 29.4. The van der Waals surface area contributed by atoms with E-state index >= 15 is 0 Å². The molecule has 4 aliphatic rings. The van der Waals surface area contributed by atoms with Crippen LogP contribution in [0.2, 0.25) is 0 Å². The number of ether oxygens (including phenoxy) is 1. The second-order valence-corrected chi connectivity index (χ2v) is 11.9. The van der Waals surface area contributed by atoms with Crippen molar-refractivity contribution < 1.29 is 34.8 Å². The quantitative estimate of drug-likeness (QED) is 0.339. The monoisotopic (exact) mass is 550 g/mol. The summed E-state index contributed by atoms with van der Waals surface area (Å²) in [5.41, 5.74) is 3.41. The van der Waals surface area contributed by atoms with Crippen molar-refractivity contribution in [2.24, 2.45) is 17.6 Å². The second-order valence-electron chi connectivity index (χ2n) is 11.9. The molecule has 3 aliphatic carbocycles. The van der Waals surface area contributed by atoms with Gasteiger partial charge in [-0.1, -0.05) is 0 Å². The summed E-state index contributed by atoms with van der Waals surface area (Å²) < 4.78 is 5.86. The third-order valence-corrected chi connectivity index (χ3v) is 9.54. The summed E-state index contributed by atoms with van der Waals surface area (Å²) in [6, 6.07) is 1.36. The van der Waals surface area contributed by atoms with Crippen molar-refractivity contribution in [2.45, 2.75) is 69.8 Å². The van der Waals surface area contributed by atoms with E-state index in [0.717, 1.165) is 18.4 Å². The summed E-state index contributed by atoms with van der Waals surface area (Å²) in [5, 5.41) is 45.5. The number of hydrogen-bond donors (Lipinski definition) is 5. The number of nitrogens with two attached hydrogens (primary N) is 1. The van der Waals surface area contributed by atoms with E-state index in [1.165, 1.54) is 0 Å². The molecule has 1 aromatic rings. The number of phenolic OH excluding ortho intramolecular Hbond substituents is 1. The summed E-state index contributed by atoms with van der Waals surface area (Å²) in [7, 11) is 11.0. The summed E-state index contributed by atoms with van der Waals surface area (Å²) >= 11 is 0. The van der Waals surface area contributed by atoms with Crippen molar-refractivity contribution in [2.75, 3.05) is 21.2 Å². The van der Waals surface area contributed by atoms with Gasteiger partial charge in [-0.2, -0.15) is 0 Å². The molecule has 0 unspecified atom stereocenters. The fraction of sp³-hybridized carbons (Fsp3) is 0.552. The van der Waals surface area contributed by atoms with Crippen LogP contribution in [0.4, 0.5) is 0 Å². The van der Waals surface area contributed by atoms with Crippen LogP contribution in [-0.4, -0.2) is 99.8 Å². The average Bonchev–Trinajstić information content (AvgIpc) is 3.18.